The second kappa shape index (κ2) is 6.90. The van der Waals surface area contributed by atoms with Crippen molar-refractivity contribution >= 4 is 23.4 Å². The van der Waals surface area contributed by atoms with Crippen LogP contribution in [0.5, 0.6) is 0 Å². The van der Waals surface area contributed by atoms with Gasteiger partial charge in [-0.05, 0) is 23.3 Å². The van der Waals surface area contributed by atoms with Crippen molar-refractivity contribution < 1.29 is 14.4 Å². The molecular weight excluding hydrogens is 344 g/mol. The first-order valence-electron chi connectivity index (χ1n) is 9.11. The van der Waals surface area contributed by atoms with Gasteiger partial charge in [0.05, 0.1) is 18.4 Å². The molecule has 1 fully saturated rings. The molecule has 3 amide bonds. The molecule has 1 aromatic carbocycles. The van der Waals surface area contributed by atoms with Crippen LogP contribution in [0.15, 0.2) is 36.7 Å². The molecule has 1 saturated heterocycles. The third-order valence-electron chi connectivity index (χ3n) is 5.34. The summed E-state index contributed by atoms with van der Waals surface area (Å²) in [6.45, 7) is 2.17. The monoisotopic (exact) mass is 366 g/mol. The number of carbonyl (C=O) groups excluding carboxylic acids is 3. The topological polar surface area (TPSA) is 76.7 Å². The summed E-state index contributed by atoms with van der Waals surface area (Å²) < 4.78 is 0. The van der Waals surface area contributed by atoms with Crippen molar-refractivity contribution in [1.29, 1.82) is 0 Å². The third kappa shape index (κ3) is 3.32. The molecule has 27 heavy (non-hydrogen) atoms. The summed E-state index contributed by atoms with van der Waals surface area (Å²) in [5, 5.41) is 0. The Balaban J connectivity index is 1.35. The lowest BCUT2D eigenvalue weighted by atomic mass is 10.1. The van der Waals surface area contributed by atoms with E-state index in [9.17, 15) is 14.4 Å². The number of piperazine rings is 1. The predicted molar refractivity (Wildman–Crippen MR) is 101 cm³/mol. The van der Waals surface area contributed by atoms with Crippen molar-refractivity contribution in [3.05, 3.63) is 53.3 Å². The molecule has 2 aliphatic rings. The smallest absolute Gasteiger partial charge is 0.255 e. The van der Waals surface area contributed by atoms with Gasteiger partial charge in [0.15, 0.2) is 0 Å². The Labute approximate surface area is 157 Å². The Hall–Kier alpha value is -3.09. The minimum Gasteiger partial charge on any atom is -0.367 e. The Morgan fingerprint density at radius 3 is 2.52 bits per heavy atom. The van der Waals surface area contributed by atoms with E-state index in [2.05, 4.69) is 4.98 Å². The normalized spacial score (nSPS) is 16.6. The average molecular weight is 366 g/mol. The molecular formula is C20H22N4O3. The van der Waals surface area contributed by atoms with Gasteiger partial charge < -0.3 is 19.7 Å². The summed E-state index contributed by atoms with van der Waals surface area (Å²) >= 11 is 0. The Morgan fingerprint density at radius 2 is 1.81 bits per heavy atom. The van der Waals surface area contributed by atoms with Gasteiger partial charge in [-0.15, -0.1) is 0 Å². The van der Waals surface area contributed by atoms with Crippen LogP contribution in [0.4, 0.5) is 5.69 Å². The molecule has 4 rings (SSSR count). The van der Waals surface area contributed by atoms with Crippen molar-refractivity contribution in [1.82, 2.24) is 14.8 Å². The first-order valence-corrected chi connectivity index (χ1v) is 9.11. The number of nitrogens with zero attached hydrogens (tertiary/aromatic N) is 3. The zero-order valence-electron chi connectivity index (χ0n) is 15.3. The molecule has 0 spiro atoms. The number of nitrogens with one attached hydrogen (secondary N) is 1. The number of anilines is 1. The highest BCUT2D eigenvalue weighted by Crippen LogP contribution is 2.28. The number of aromatic nitrogens is 1. The molecule has 7 heteroatoms. The summed E-state index contributed by atoms with van der Waals surface area (Å²) in [6, 6.07) is 7.55. The van der Waals surface area contributed by atoms with E-state index in [-0.39, 0.29) is 17.7 Å². The van der Waals surface area contributed by atoms with E-state index in [1.54, 1.807) is 35.3 Å². The van der Waals surface area contributed by atoms with Crippen LogP contribution in [0.25, 0.3) is 0 Å². The number of aromatic amines is 1. The van der Waals surface area contributed by atoms with E-state index in [4.69, 9.17) is 0 Å². The summed E-state index contributed by atoms with van der Waals surface area (Å²) in [4.78, 5) is 44.9. The number of hydrogen-bond acceptors (Lipinski definition) is 3. The van der Waals surface area contributed by atoms with Gasteiger partial charge in [-0.25, -0.2) is 0 Å². The molecule has 140 valence electrons. The van der Waals surface area contributed by atoms with Crippen LogP contribution >= 0.6 is 0 Å². The molecule has 0 bridgehead atoms. The number of hydrogen-bond donors (Lipinski definition) is 1. The second-order valence-electron chi connectivity index (χ2n) is 7.04. The molecule has 0 aliphatic carbocycles. The van der Waals surface area contributed by atoms with Crippen molar-refractivity contribution in [2.75, 3.05) is 38.1 Å². The van der Waals surface area contributed by atoms with Crippen LogP contribution in [-0.4, -0.2) is 65.7 Å². The maximum Gasteiger partial charge on any atom is 0.255 e. The van der Waals surface area contributed by atoms with Gasteiger partial charge in [0.1, 0.15) is 0 Å². The number of likely N-dealkylation sites (N-methyl/N-ethyl adjacent to an activating group) is 1. The molecule has 2 aromatic rings. The van der Waals surface area contributed by atoms with Crippen LogP contribution in [0.2, 0.25) is 0 Å². The number of carbonyl (C=O) groups is 3. The van der Waals surface area contributed by atoms with Crippen LogP contribution < -0.4 is 4.90 Å². The third-order valence-corrected chi connectivity index (χ3v) is 5.34. The SMILES string of the molecule is CN1C(=O)Cc2cc(CC(=O)N3CCN(C(=O)c4cc[nH]c4)CC3)ccc21. The minimum atomic E-state index is -0.00393. The van der Waals surface area contributed by atoms with E-state index in [0.717, 1.165) is 16.8 Å². The van der Waals surface area contributed by atoms with Gasteiger partial charge in [0.25, 0.3) is 5.91 Å². The van der Waals surface area contributed by atoms with Crippen LogP contribution in [0.3, 0.4) is 0 Å². The Kier molecular flexibility index (Phi) is 4.43. The van der Waals surface area contributed by atoms with Gasteiger partial charge in [-0.1, -0.05) is 12.1 Å². The lowest BCUT2D eigenvalue weighted by Crippen LogP contribution is -2.50. The maximum atomic E-state index is 12.6. The van der Waals surface area contributed by atoms with Crippen LogP contribution in [0.1, 0.15) is 21.5 Å². The van der Waals surface area contributed by atoms with Gasteiger partial charge in [-0.3, -0.25) is 14.4 Å². The van der Waals surface area contributed by atoms with E-state index < -0.39 is 0 Å². The zero-order valence-corrected chi connectivity index (χ0v) is 15.3. The standard InChI is InChI=1S/C20H22N4O3/c1-22-17-3-2-14(10-16(17)12-18(22)25)11-19(26)23-6-8-24(9-7-23)20(27)15-4-5-21-13-15/h2-5,10,13,21H,6-9,11-12H2,1H3. The number of rotatable bonds is 3. The van der Waals surface area contributed by atoms with Crippen molar-refractivity contribution in [3.63, 3.8) is 0 Å². The first-order chi connectivity index (χ1) is 13.0. The zero-order chi connectivity index (χ0) is 19.0. The fourth-order valence-corrected chi connectivity index (χ4v) is 3.72. The summed E-state index contributed by atoms with van der Waals surface area (Å²) in [5.41, 5.74) is 3.47. The van der Waals surface area contributed by atoms with Gasteiger partial charge in [-0.2, -0.15) is 0 Å². The number of H-pyrrole nitrogens is 1. The van der Waals surface area contributed by atoms with E-state index in [1.165, 1.54) is 0 Å². The number of amides is 3. The lowest BCUT2D eigenvalue weighted by Gasteiger charge is -2.34. The number of benzene rings is 1. The largest absolute Gasteiger partial charge is 0.367 e. The van der Waals surface area contributed by atoms with E-state index in [0.29, 0.717) is 44.6 Å². The lowest BCUT2D eigenvalue weighted by molar-refractivity contribution is -0.131. The molecule has 2 aliphatic heterocycles. The fraction of sp³-hybridized carbons (Fsp3) is 0.350. The molecule has 1 N–H and O–H groups in total. The minimum absolute atomic E-state index is 0.00393. The highest BCUT2D eigenvalue weighted by molar-refractivity contribution is 6.01. The molecule has 0 saturated carbocycles. The molecule has 1 aromatic heterocycles. The van der Waals surface area contributed by atoms with Gasteiger partial charge in [0, 0.05) is 51.3 Å². The van der Waals surface area contributed by atoms with Gasteiger partial charge >= 0.3 is 0 Å². The van der Waals surface area contributed by atoms with Crippen LogP contribution in [0, 0.1) is 0 Å². The van der Waals surface area contributed by atoms with Gasteiger partial charge in [0.2, 0.25) is 11.8 Å². The summed E-state index contributed by atoms with van der Waals surface area (Å²) in [7, 11) is 1.77. The van der Waals surface area contributed by atoms with Crippen LogP contribution in [-0.2, 0) is 22.4 Å². The molecule has 3 heterocycles. The highest BCUT2D eigenvalue weighted by atomic mass is 16.2. The summed E-state index contributed by atoms with van der Waals surface area (Å²) in [6.07, 6.45) is 4.13. The Bertz CT molecular complexity index is 883. The maximum absolute atomic E-state index is 12.6. The number of fused-ring (bicyclic) bond motifs is 1. The second-order valence-corrected chi connectivity index (χ2v) is 7.04. The Morgan fingerprint density at radius 1 is 1.07 bits per heavy atom. The van der Waals surface area contributed by atoms with Crippen molar-refractivity contribution in [2.45, 2.75) is 12.8 Å². The van der Waals surface area contributed by atoms with E-state index >= 15 is 0 Å². The quantitative estimate of drug-likeness (QED) is 0.883. The molecule has 0 atom stereocenters. The predicted octanol–water partition coefficient (Wildman–Crippen LogP) is 1.06. The van der Waals surface area contributed by atoms with Crippen molar-refractivity contribution in [3.8, 4) is 0 Å². The average Bonchev–Trinajstić information content (AvgIpc) is 3.30. The first kappa shape index (κ1) is 17.3. The fourth-order valence-electron chi connectivity index (χ4n) is 3.72. The summed E-state index contributed by atoms with van der Waals surface area (Å²) in [5.74, 6) is 0.133. The highest BCUT2D eigenvalue weighted by Gasteiger charge is 2.27. The molecule has 0 radical (unpaired) electrons. The molecule has 0 unspecified atom stereocenters. The van der Waals surface area contributed by atoms with E-state index in [1.807, 2.05) is 23.1 Å². The molecule has 7 nitrogen and oxygen atoms in total. The van der Waals surface area contributed by atoms with Crippen molar-refractivity contribution in [2.24, 2.45) is 0 Å².